The Morgan fingerprint density at radius 1 is 1.23 bits per heavy atom. The van der Waals surface area contributed by atoms with E-state index in [1.165, 1.54) is 4.90 Å². The minimum Gasteiger partial charge on any atom is -0.444 e. The summed E-state index contributed by atoms with van der Waals surface area (Å²) in [5.74, 6) is -0.160. The number of benzene rings is 1. The maximum absolute atomic E-state index is 12.4. The Hall–Kier alpha value is -2.04. The lowest BCUT2D eigenvalue weighted by molar-refractivity contribution is -0.120. The Labute approximate surface area is 131 Å². The van der Waals surface area contributed by atoms with Crippen LogP contribution in [0.4, 0.5) is 10.5 Å². The van der Waals surface area contributed by atoms with Gasteiger partial charge in [-0.25, -0.2) is 4.79 Å². The zero-order chi connectivity index (χ0) is 16.3. The van der Waals surface area contributed by atoms with Crippen molar-refractivity contribution in [3.63, 3.8) is 0 Å². The second-order valence-electron chi connectivity index (χ2n) is 6.69. The monoisotopic (exact) mass is 304 g/mol. The third-order valence-corrected chi connectivity index (χ3v) is 3.50. The van der Waals surface area contributed by atoms with Crippen LogP contribution in [0.15, 0.2) is 24.3 Å². The van der Waals surface area contributed by atoms with Crippen LogP contribution >= 0.6 is 0 Å². The predicted molar refractivity (Wildman–Crippen MR) is 85.8 cm³/mol. The molecule has 0 aliphatic carbocycles. The number of carbonyl (C=O) groups excluding carboxylic acids is 2. The molecule has 5 nitrogen and oxygen atoms in total. The van der Waals surface area contributed by atoms with E-state index >= 15 is 0 Å². The molecular formula is C17H24N2O3. The van der Waals surface area contributed by atoms with Crippen molar-refractivity contribution in [1.82, 2.24) is 4.90 Å². The normalized spacial score (nSPS) is 18.2. The standard InChI is InChI=1S/C17H24N2O3/c1-12-7-9-13(10-8-12)18-15(20)14-6-5-11-19(14)16(21)22-17(2,3)4/h7-10,14H,5-6,11H2,1-4H3,(H,18,20). The Morgan fingerprint density at radius 2 is 1.86 bits per heavy atom. The Kier molecular flexibility index (Phi) is 4.74. The SMILES string of the molecule is Cc1ccc(NC(=O)C2CCCN2C(=O)OC(C)(C)C)cc1. The summed E-state index contributed by atoms with van der Waals surface area (Å²) in [6.07, 6.45) is 1.05. The topological polar surface area (TPSA) is 58.6 Å². The number of nitrogens with one attached hydrogen (secondary N) is 1. The van der Waals surface area contributed by atoms with E-state index in [2.05, 4.69) is 5.32 Å². The molecule has 0 aromatic heterocycles. The number of anilines is 1. The molecule has 120 valence electrons. The molecule has 1 aromatic carbocycles. The number of carbonyl (C=O) groups is 2. The fourth-order valence-electron chi connectivity index (χ4n) is 2.44. The van der Waals surface area contributed by atoms with Gasteiger partial charge in [0.1, 0.15) is 11.6 Å². The van der Waals surface area contributed by atoms with E-state index in [9.17, 15) is 9.59 Å². The van der Waals surface area contributed by atoms with E-state index in [4.69, 9.17) is 4.74 Å². The summed E-state index contributed by atoms with van der Waals surface area (Å²) in [4.78, 5) is 26.1. The van der Waals surface area contributed by atoms with Gasteiger partial charge in [-0.1, -0.05) is 17.7 Å². The summed E-state index contributed by atoms with van der Waals surface area (Å²) >= 11 is 0. The molecule has 1 heterocycles. The number of ether oxygens (including phenoxy) is 1. The molecule has 0 bridgehead atoms. The molecule has 2 amide bonds. The summed E-state index contributed by atoms with van der Waals surface area (Å²) in [6, 6.07) is 7.14. The van der Waals surface area contributed by atoms with Gasteiger partial charge in [-0.2, -0.15) is 0 Å². The van der Waals surface area contributed by atoms with Gasteiger partial charge in [-0.3, -0.25) is 9.69 Å². The molecule has 1 unspecified atom stereocenters. The van der Waals surface area contributed by atoms with Gasteiger partial charge in [-0.15, -0.1) is 0 Å². The van der Waals surface area contributed by atoms with Crippen molar-refractivity contribution in [3.05, 3.63) is 29.8 Å². The molecule has 1 aliphatic rings. The van der Waals surface area contributed by atoms with Crippen LogP contribution in [0.1, 0.15) is 39.2 Å². The number of amides is 2. The molecule has 22 heavy (non-hydrogen) atoms. The predicted octanol–water partition coefficient (Wildman–Crippen LogP) is 3.33. The molecule has 1 saturated heterocycles. The minimum absolute atomic E-state index is 0.160. The van der Waals surface area contributed by atoms with Crippen molar-refractivity contribution in [3.8, 4) is 0 Å². The molecule has 5 heteroatoms. The second kappa shape index (κ2) is 6.38. The maximum atomic E-state index is 12.4. The van der Waals surface area contributed by atoms with Crippen LogP contribution in [0.5, 0.6) is 0 Å². The highest BCUT2D eigenvalue weighted by atomic mass is 16.6. The highest BCUT2D eigenvalue weighted by Crippen LogP contribution is 2.22. The van der Waals surface area contributed by atoms with E-state index in [1.807, 2.05) is 52.0 Å². The molecular weight excluding hydrogens is 280 g/mol. The second-order valence-corrected chi connectivity index (χ2v) is 6.69. The van der Waals surface area contributed by atoms with Crippen LogP contribution in [0, 0.1) is 6.92 Å². The average Bonchev–Trinajstić information content (AvgIpc) is 2.89. The van der Waals surface area contributed by atoms with Crippen LogP contribution in [0.2, 0.25) is 0 Å². The molecule has 0 radical (unpaired) electrons. The van der Waals surface area contributed by atoms with Crippen LogP contribution in [-0.2, 0) is 9.53 Å². The number of likely N-dealkylation sites (tertiary alicyclic amines) is 1. The van der Waals surface area contributed by atoms with Crippen LogP contribution in [0.3, 0.4) is 0 Å². The Bertz CT molecular complexity index is 546. The first-order chi connectivity index (χ1) is 10.3. The van der Waals surface area contributed by atoms with Crippen LogP contribution in [0.25, 0.3) is 0 Å². The molecule has 1 aromatic rings. The molecule has 1 atom stereocenters. The lowest BCUT2D eigenvalue weighted by Gasteiger charge is -2.28. The largest absolute Gasteiger partial charge is 0.444 e. The van der Waals surface area contributed by atoms with Crippen molar-refractivity contribution < 1.29 is 14.3 Å². The van der Waals surface area contributed by atoms with Gasteiger partial charge in [0.25, 0.3) is 0 Å². The van der Waals surface area contributed by atoms with Gasteiger partial charge in [-0.05, 0) is 52.7 Å². The van der Waals surface area contributed by atoms with Gasteiger partial charge in [0.2, 0.25) is 5.91 Å². The van der Waals surface area contributed by atoms with E-state index in [1.54, 1.807) is 0 Å². The number of aryl methyl sites for hydroxylation is 1. The Morgan fingerprint density at radius 3 is 2.45 bits per heavy atom. The van der Waals surface area contributed by atoms with Crippen molar-refractivity contribution >= 4 is 17.7 Å². The summed E-state index contributed by atoms with van der Waals surface area (Å²) in [5.41, 5.74) is 1.32. The van der Waals surface area contributed by atoms with Gasteiger partial charge in [0, 0.05) is 12.2 Å². The van der Waals surface area contributed by atoms with E-state index in [-0.39, 0.29) is 5.91 Å². The first-order valence-corrected chi connectivity index (χ1v) is 7.63. The number of hydrogen-bond acceptors (Lipinski definition) is 3. The highest BCUT2D eigenvalue weighted by molar-refractivity contribution is 5.96. The third-order valence-electron chi connectivity index (χ3n) is 3.50. The van der Waals surface area contributed by atoms with Gasteiger partial charge < -0.3 is 10.1 Å². The first kappa shape index (κ1) is 16.3. The van der Waals surface area contributed by atoms with Crippen molar-refractivity contribution in [2.45, 2.75) is 52.2 Å². The molecule has 0 saturated carbocycles. The van der Waals surface area contributed by atoms with Crippen LogP contribution < -0.4 is 5.32 Å². The minimum atomic E-state index is -0.558. The summed E-state index contributed by atoms with van der Waals surface area (Å²) in [6.45, 7) is 8.01. The van der Waals surface area contributed by atoms with E-state index in [0.717, 1.165) is 17.7 Å². The smallest absolute Gasteiger partial charge is 0.410 e. The average molecular weight is 304 g/mol. The molecule has 0 spiro atoms. The van der Waals surface area contributed by atoms with E-state index in [0.29, 0.717) is 13.0 Å². The highest BCUT2D eigenvalue weighted by Gasteiger charge is 2.36. The van der Waals surface area contributed by atoms with Gasteiger partial charge in [0.15, 0.2) is 0 Å². The first-order valence-electron chi connectivity index (χ1n) is 7.63. The number of nitrogens with zero attached hydrogens (tertiary/aromatic N) is 1. The Balaban J connectivity index is 2.01. The summed E-state index contributed by atoms with van der Waals surface area (Å²) < 4.78 is 5.37. The van der Waals surface area contributed by atoms with Gasteiger partial charge >= 0.3 is 6.09 Å². The summed E-state index contributed by atoms with van der Waals surface area (Å²) in [7, 11) is 0. The van der Waals surface area contributed by atoms with Crippen molar-refractivity contribution in [2.24, 2.45) is 0 Å². The lowest BCUT2D eigenvalue weighted by Crippen LogP contribution is -2.45. The molecule has 1 fully saturated rings. The fraction of sp³-hybridized carbons (Fsp3) is 0.529. The van der Waals surface area contributed by atoms with Crippen molar-refractivity contribution in [1.29, 1.82) is 0 Å². The molecule has 1 N–H and O–H groups in total. The summed E-state index contributed by atoms with van der Waals surface area (Å²) in [5, 5.41) is 2.87. The zero-order valence-corrected chi connectivity index (χ0v) is 13.7. The lowest BCUT2D eigenvalue weighted by atomic mass is 10.2. The number of hydrogen-bond donors (Lipinski definition) is 1. The molecule has 2 rings (SSSR count). The fourth-order valence-corrected chi connectivity index (χ4v) is 2.44. The van der Waals surface area contributed by atoms with Gasteiger partial charge in [0.05, 0.1) is 0 Å². The maximum Gasteiger partial charge on any atom is 0.410 e. The van der Waals surface area contributed by atoms with Crippen molar-refractivity contribution in [2.75, 3.05) is 11.9 Å². The van der Waals surface area contributed by atoms with E-state index < -0.39 is 17.7 Å². The quantitative estimate of drug-likeness (QED) is 0.911. The van der Waals surface area contributed by atoms with Crippen LogP contribution in [-0.4, -0.2) is 35.1 Å². The third kappa shape index (κ3) is 4.23. The number of rotatable bonds is 2. The zero-order valence-electron chi connectivity index (χ0n) is 13.7. The molecule has 1 aliphatic heterocycles.